The number of fused-ring (bicyclic) bond motifs is 1. The number of hydrogen-bond acceptors (Lipinski definition) is 5. The number of hydrogen-bond donors (Lipinski definition) is 3. The molecule has 1 aliphatic rings. The van der Waals surface area contributed by atoms with Gasteiger partial charge in [0.2, 0.25) is 5.95 Å². The normalized spacial score (nSPS) is 17.9. The number of dihydropyridines is 1. The summed E-state index contributed by atoms with van der Waals surface area (Å²) in [6.07, 6.45) is 1.41. The van der Waals surface area contributed by atoms with Crippen LogP contribution in [0.15, 0.2) is 60.8 Å². The second-order valence-corrected chi connectivity index (χ2v) is 7.37. The third-order valence-corrected chi connectivity index (χ3v) is 5.14. The number of allylic oxidation sites excluding steroid dienone is 2. The lowest BCUT2D eigenvalue weighted by Crippen LogP contribution is -2.53. The third-order valence-electron chi connectivity index (χ3n) is 4.81. The second-order valence-electron chi connectivity index (χ2n) is 6.97. The molecule has 0 radical (unpaired) electrons. The number of carboxylic acid groups (broad SMARTS) is 1. The number of aryl methyl sites for hydroxylation is 1. The number of rotatable bonds is 5. The summed E-state index contributed by atoms with van der Waals surface area (Å²) in [5, 5.41) is 14.7. The number of ether oxygens (including phenoxy) is 1. The van der Waals surface area contributed by atoms with Gasteiger partial charge < -0.3 is 25.0 Å². The van der Waals surface area contributed by atoms with Crippen LogP contribution in [-0.4, -0.2) is 26.4 Å². The van der Waals surface area contributed by atoms with Crippen molar-refractivity contribution in [1.29, 1.82) is 0 Å². The lowest BCUT2D eigenvalue weighted by molar-refractivity contribution is -0.152. The minimum absolute atomic E-state index is 0.157. The Labute approximate surface area is 184 Å². The van der Waals surface area contributed by atoms with Crippen LogP contribution >= 0.6 is 11.6 Å². The lowest BCUT2D eigenvalue weighted by Gasteiger charge is -2.28. The maximum Gasteiger partial charge on any atom is 0.417 e. The van der Waals surface area contributed by atoms with Crippen molar-refractivity contribution >= 4 is 40.2 Å². The van der Waals surface area contributed by atoms with Gasteiger partial charge >= 0.3 is 12.1 Å². The summed E-state index contributed by atoms with van der Waals surface area (Å²) >= 11 is 5.67. The highest BCUT2D eigenvalue weighted by atomic mass is 35.5. The number of imidazole rings is 1. The molecule has 0 bridgehead atoms. The van der Waals surface area contributed by atoms with E-state index in [0.29, 0.717) is 11.0 Å². The summed E-state index contributed by atoms with van der Waals surface area (Å²) < 4.78 is 46.7. The molecule has 0 saturated heterocycles. The van der Waals surface area contributed by atoms with Crippen molar-refractivity contribution in [2.24, 2.45) is 7.05 Å². The number of benzene rings is 2. The topological polar surface area (TPSA) is 88.4 Å². The summed E-state index contributed by atoms with van der Waals surface area (Å²) in [6.45, 7) is 0. The summed E-state index contributed by atoms with van der Waals surface area (Å²) in [5.41, 5.74) is -1.46. The molecule has 4 rings (SSSR count). The molecular weight excluding hydrogens is 449 g/mol. The maximum atomic E-state index is 13.1. The Morgan fingerprint density at radius 2 is 2.03 bits per heavy atom. The molecule has 0 spiro atoms. The monoisotopic (exact) mass is 464 g/mol. The van der Waals surface area contributed by atoms with Crippen molar-refractivity contribution < 1.29 is 27.8 Å². The SMILES string of the molecule is Cn1c(Nc2ccc(Cl)c(C(F)(F)F)c2)nc2cc(OC3(C(=O)O)C=CC=CN3)ccc21. The van der Waals surface area contributed by atoms with Crippen LogP contribution in [0.3, 0.4) is 0 Å². The van der Waals surface area contributed by atoms with Gasteiger partial charge in [0.1, 0.15) is 5.75 Å². The zero-order valence-electron chi connectivity index (χ0n) is 16.4. The number of aliphatic carboxylic acids is 1. The van der Waals surface area contributed by atoms with E-state index in [1.165, 1.54) is 18.3 Å². The van der Waals surface area contributed by atoms with Crippen LogP contribution in [0, 0.1) is 0 Å². The van der Waals surface area contributed by atoms with Crippen LogP contribution in [-0.2, 0) is 18.0 Å². The van der Waals surface area contributed by atoms with Crippen LogP contribution in [0.5, 0.6) is 5.75 Å². The van der Waals surface area contributed by atoms with Gasteiger partial charge in [-0.15, -0.1) is 0 Å². The quantitative estimate of drug-likeness (QED) is 0.501. The average molecular weight is 465 g/mol. The smallest absolute Gasteiger partial charge is 0.417 e. The molecule has 3 aromatic rings. The van der Waals surface area contributed by atoms with Gasteiger partial charge in [0.25, 0.3) is 5.72 Å². The zero-order valence-corrected chi connectivity index (χ0v) is 17.2. The number of nitrogens with one attached hydrogen (secondary N) is 2. The van der Waals surface area contributed by atoms with Crippen molar-refractivity contribution in [3.63, 3.8) is 0 Å². The van der Waals surface area contributed by atoms with Crippen molar-refractivity contribution in [1.82, 2.24) is 14.9 Å². The Morgan fingerprint density at radius 1 is 1.25 bits per heavy atom. The number of carbonyl (C=O) groups is 1. The fourth-order valence-electron chi connectivity index (χ4n) is 3.20. The highest BCUT2D eigenvalue weighted by Gasteiger charge is 2.38. The molecule has 3 N–H and O–H groups in total. The first-order chi connectivity index (χ1) is 15.1. The predicted octanol–water partition coefficient (Wildman–Crippen LogP) is 4.82. The lowest BCUT2D eigenvalue weighted by atomic mass is 10.1. The van der Waals surface area contributed by atoms with Gasteiger partial charge in [-0.2, -0.15) is 13.2 Å². The van der Waals surface area contributed by atoms with Crippen molar-refractivity contribution in [2.75, 3.05) is 5.32 Å². The van der Waals surface area contributed by atoms with E-state index in [2.05, 4.69) is 15.6 Å². The van der Waals surface area contributed by atoms with Gasteiger partial charge in [0.05, 0.1) is 21.6 Å². The molecule has 1 atom stereocenters. The fourth-order valence-corrected chi connectivity index (χ4v) is 3.42. The van der Waals surface area contributed by atoms with Gasteiger partial charge in [0.15, 0.2) is 0 Å². The average Bonchev–Trinajstić information content (AvgIpc) is 3.04. The first-order valence-corrected chi connectivity index (χ1v) is 9.61. The number of alkyl halides is 3. The molecule has 0 saturated carbocycles. The molecule has 11 heteroatoms. The Hall–Kier alpha value is -3.66. The van der Waals surface area contributed by atoms with E-state index in [1.807, 2.05) is 0 Å². The minimum Gasteiger partial charge on any atom is -0.477 e. The van der Waals surface area contributed by atoms with Gasteiger partial charge in [-0.25, -0.2) is 9.78 Å². The zero-order chi connectivity index (χ0) is 23.1. The number of halogens is 4. The highest BCUT2D eigenvalue weighted by molar-refractivity contribution is 6.31. The molecule has 2 heterocycles. The van der Waals surface area contributed by atoms with E-state index in [9.17, 15) is 23.1 Å². The largest absolute Gasteiger partial charge is 0.477 e. The first kappa shape index (κ1) is 21.6. The van der Waals surface area contributed by atoms with Crippen LogP contribution in [0.25, 0.3) is 11.0 Å². The molecule has 7 nitrogen and oxygen atoms in total. The second kappa shape index (κ2) is 7.79. The molecule has 1 unspecified atom stereocenters. The Balaban J connectivity index is 1.65. The number of aromatic nitrogens is 2. The van der Waals surface area contributed by atoms with Crippen molar-refractivity contribution in [3.05, 3.63) is 71.4 Å². The van der Waals surface area contributed by atoms with Gasteiger partial charge in [-0.05, 0) is 42.5 Å². The first-order valence-electron chi connectivity index (χ1n) is 9.24. The van der Waals surface area contributed by atoms with E-state index in [4.69, 9.17) is 16.3 Å². The minimum atomic E-state index is -4.59. The molecular formula is C21H16ClF3N4O3. The molecule has 166 valence electrons. The van der Waals surface area contributed by atoms with Gasteiger partial charge in [0, 0.05) is 25.0 Å². The van der Waals surface area contributed by atoms with Crippen molar-refractivity contribution in [3.8, 4) is 5.75 Å². The molecule has 0 amide bonds. The third kappa shape index (κ3) is 3.96. The van der Waals surface area contributed by atoms with E-state index in [1.54, 1.807) is 42.0 Å². The molecule has 1 aromatic heterocycles. The van der Waals surface area contributed by atoms with Crippen LogP contribution < -0.4 is 15.4 Å². The molecule has 0 aliphatic carbocycles. The highest BCUT2D eigenvalue weighted by Crippen LogP contribution is 2.37. The molecule has 2 aromatic carbocycles. The van der Waals surface area contributed by atoms with Crippen LogP contribution in [0.4, 0.5) is 24.8 Å². The predicted molar refractivity (Wildman–Crippen MR) is 113 cm³/mol. The Bertz CT molecular complexity index is 1270. The van der Waals surface area contributed by atoms with E-state index < -0.39 is 28.5 Å². The number of nitrogens with zero attached hydrogens (tertiary/aromatic N) is 2. The van der Waals surface area contributed by atoms with Crippen molar-refractivity contribution in [2.45, 2.75) is 11.9 Å². The van der Waals surface area contributed by atoms with Crippen LogP contribution in [0.2, 0.25) is 5.02 Å². The molecule has 1 aliphatic heterocycles. The van der Waals surface area contributed by atoms with E-state index in [0.717, 1.165) is 12.1 Å². The summed E-state index contributed by atoms with van der Waals surface area (Å²) in [4.78, 5) is 16.1. The van der Waals surface area contributed by atoms with Gasteiger partial charge in [-0.1, -0.05) is 17.7 Å². The molecule has 32 heavy (non-hydrogen) atoms. The standard InChI is InChI=1S/C21H16ClF3N4O3/c1-29-17-7-5-13(32-20(18(30)31)8-2-3-9-26-20)11-16(17)28-19(29)27-12-4-6-15(22)14(10-12)21(23,24)25/h2-11,26H,1H3,(H,27,28)(H,30,31). The van der Waals surface area contributed by atoms with E-state index in [-0.39, 0.29) is 17.4 Å². The fraction of sp³-hybridized carbons (Fsp3) is 0.143. The van der Waals surface area contributed by atoms with Crippen LogP contribution in [0.1, 0.15) is 5.56 Å². The molecule has 0 fully saturated rings. The maximum absolute atomic E-state index is 13.1. The summed E-state index contributed by atoms with van der Waals surface area (Å²) in [7, 11) is 1.69. The summed E-state index contributed by atoms with van der Waals surface area (Å²) in [5.74, 6) is -0.716. The van der Waals surface area contributed by atoms with E-state index >= 15 is 0 Å². The Morgan fingerprint density at radius 3 is 2.69 bits per heavy atom. The van der Waals surface area contributed by atoms with Gasteiger partial charge in [-0.3, -0.25) is 0 Å². The summed E-state index contributed by atoms with van der Waals surface area (Å²) in [6, 6.07) is 8.27. The number of carboxylic acids is 1. The Kier molecular flexibility index (Phi) is 5.25. The number of anilines is 2.